The Bertz CT molecular complexity index is 861. The Morgan fingerprint density at radius 1 is 1.27 bits per heavy atom. The fourth-order valence-electron chi connectivity index (χ4n) is 2.24. The Morgan fingerprint density at radius 3 is 2.82 bits per heavy atom. The van der Waals surface area contributed by atoms with Gasteiger partial charge in [0.15, 0.2) is 0 Å². The van der Waals surface area contributed by atoms with Crippen LogP contribution in [0.25, 0.3) is 10.9 Å². The zero-order valence-corrected chi connectivity index (χ0v) is 12.8. The summed E-state index contributed by atoms with van der Waals surface area (Å²) in [6.45, 7) is 0.531. The van der Waals surface area contributed by atoms with Gasteiger partial charge in [-0.2, -0.15) is 0 Å². The highest BCUT2D eigenvalue weighted by Crippen LogP contribution is 2.24. The normalized spacial score (nSPS) is 10.9. The second-order valence-corrected chi connectivity index (χ2v) is 5.59. The van der Waals surface area contributed by atoms with E-state index in [9.17, 15) is 4.79 Å². The van der Waals surface area contributed by atoms with Crippen molar-refractivity contribution in [3.05, 3.63) is 64.0 Å². The molecule has 0 aliphatic heterocycles. The van der Waals surface area contributed by atoms with E-state index in [2.05, 4.69) is 4.98 Å². The lowest BCUT2D eigenvalue weighted by Gasteiger charge is -2.08. The summed E-state index contributed by atoms with van der Waals surface area (Å²) in [5.74, 6) is -0.654. The molecule has 112 valence electrons. The SMILES string of the molecule is O=C(NO)c1cc2c(ccn2Cc2ccc(Cl)cc2Cl)cn1. The van der Waals surface area contributed by atoms with Crippen molar-refractivity contribution >= 4 is 40.0 Å². The number of halogens is 2. The van der Waals surface area contributed by atoms with E-state index >= 15 is 0 Å². The maximum atomic E-state index is 11.5. The summed E-state index contributed by atoms with van der Waals surface area (Å²) in [7, 11) is 0. The molecule has 1 aromatic carbocycles. The number of hydroxylamine groups is 1. The van der Waals surface area contributed by atoms with Gasteiger partial charge in [-0.05, 0) is 29.8 Å². The second kappa shape index (κ2) is 5.96. The number of aromatic nitrogens is 2. The quantitative estimate of drug-likeness (QED) is 0.568. The van der Waals surface area contributed by atoms with Crippen molar-refractivity contribution in [2.75, 3.05) is 0 Å². The first kappa shape index (κ1) is 14.8. The van der Waals surface area contributed by atoms with Gasteiger partial charge in [-0.15, -0.1) is 0 Å². The number of carbonyl (C=O) groups is 1. The molecule has 2 aromatic heterocycles. The largest absolute Gasteiger partial charge is 0.343 e. The van der Waals surface area contributed by atoms with Crippen LogP contribution in [-0.2, 0) is 6.54 Å². The van der Waals surface area contributed by atoms with Gasteiger partial charge in [0, 0.05) is 34.4 Å². The van der Waals surface area contributed by atoms with Crippen LogP contribution in [-0.4, -0.2) is 20.7 Å². The standard InChI is InChI=1S/C15H11Cl2N3O2/c16-11-2-1-10(12(17)5-11)8-20-4-3-9-7-18-13(6-14(9)20)15(21)19-22/h1-7,22H,8H2,(H,19,21). The molecule has 2 N–H and O–H groups in total. The number of pyridine rings is 1. The van der Waals surface area contributed by atoms with E-state index < -0.39 is 5.91 Å². The third-order valence-corrected chi connectivity index (χ3v) is 3.93. The predicted octanol–water partition coefficient (Wildman–Crippen LogP) is 3.51. The van der Waals surface area contributed by atoms with Crippen LogP contribution in [0, 0.1) is 0 Å². The number of carbonyl (C=O) groups excluding carboxylic acids is 1. The molecule has 0 bridgehead atoms. The number of hydrogen-bond donors (Lipinski definition) is 2. The molecule has 2 heterocycles. The van der Waals surface area contributed by atoms with Gasteiger partial charge in [0.05, 0.1) is 5.52 Å². The number of nitrogens with zero attached hydrogens (tertiary/aromatic N) is 2. The van der Waals surface area contributed by atoms with E-state index in [0.29, 0.717) is 16.6 Å². The first-order valence-electron chi connectivity index (χ1n) is 6.42. The summed E-state index contributed by atoms with van der Waals surface area (Å²) < 4.78 is 1.94. The zero-order valence-electron chi connectivity index (χ0n) is 11.3. The van der Waals surface area contributed by atoms with Crippen molar-refractivity contribution in [2.24, 2.45) is 0 Å². The molecular formula is C15H11Cl2N3O2. The first-order valence-corrected chi connectivity index (χ1v) is 7.17. The Labute approximate surface area is 136 Å². The van der Waals surface area contributed by atoms with Crippen LogP contribution in [0.2, 0.25) is 10.0 Å². The van der Waals surface area contributed by atoms with Crippen LogP contribution in [0.1, 0.15) is 16.1 Å². The molecule has 0 saturated carbocycles. The van der Waals surface area contributed by atoms with Gasteiger partial charge in [-0.3, -0.25) is 15.0 Å². The Hall–Kier alpha value is -2.08. The van der Waals surface area contributed by atoms with E-state index in [1.165, 1.54) is 0 Å². The number of hydrogen-bond acceptors (Lipinski definition) is 3. The number of fused-ring (bicyclic) bond motifs is 1. The van der Waals surface area contributed by atoms with Crippen molar-refractivity contribution in [1.29, 1.82) is 0 Å². The van der Waals surface area contributed by atoms with Gasteiger partial charge < -0.3 is 4.57 Å². The minimum Gasteiger partial charge on any atom is -0.343 e. The van der Waals surface area contributed by atoms with Gasteiger partial charge in [-0.25, -0.2) is 5.48 Å². The highest BCUT2D eigenvalue weighted by Gasteiger charge is 2.10. The van der Waals surface area contributed by atoms with Crippen molar-refractivity contribution in [2.45, 2.75) is 6.54 Å². The van der Waals surface area contributed by atoms with E-state index in [1.807, 2.05) is 22.9 Å². The van der Waals surface area contributed by atoms with Crippen molar-refractivity contribution < 1.29 is 10.0 Å². The molecule has 0 aliphatic rings. The Balaban J connectivity index is 2.01. The molecule has 0 spiro atoms. The average Bonchev–Trinajstić information content (AvgIpc) is 2.91. The second-order valence-electron chi connectivity index (χ2n) is 4.75. The molecule has 0 saturated heterocycles. The molecule has 1 amide bonds. The fourth-order valence-corrected chi connectivity index (χ4v) is 2.70. The molecular weight excluding hydrogens is 325 g/mol. The van der Waals surface area contributed by atoms with Gasteiger partial charge >= 0.3 is 0 Å². The van der Waals surface area contributed by atoms with E-state index in [-0.39, 0.29) is 5.69 Å². The highest BCUT2D eigenvalue weighted by molar-refractivity contribution is 6.35. The lowest BCUT2D eigenvalue weighted by Crippen LogP contribution is -2.19. The Morgan fingerprint density at radius 2 is 2.09 bits per heavy atom. The van der Waals surface area contributed by atoms with Crippen LogP contribution in [0.15, 0.2) is 42.7 Å². The van der Waals surface area contributed by atoms with Crippen LogP contribution in [0.3, 0.4) is 0 Å². The highest BCUT2D eigenvalue weighted by atomic mass is 35.5. The average molecular weight is 336 g/mol. The summed E-state index contributed by atoms with van der Waals surface area (Å²) >= 11 is 12.1. The van der Waals surface area contributed by atoms with E-state index in [1.54, 1.807) is 29.9 Å². The lowest BCUT2D eigenvalue weighted by atomic mass is 10.2. The van der Waals surface area contributed by atoms with Crippen molar-refractivity contribution in [1.82, 2.24) is 15.0 Å². The van der Waals surface area contributed by atoms with Crippen LogP contribution in [0.5, 0.6) is 0 Å². The van der Waals surface area contributed by atoms with Gasteiger partial charge in [0.25, 0.3) is 5.91 Å². The summed E-state index contributed by atoms with van der Waals surface area (Å²) in [5, 5.41) is 10.8. The van der Waals surface area contributed by atoms with Crippen LogP contribution < -0.4 is 5.48 Å². The smallest absolute Gasteiger partial charge is 0.293 e. The molecule has 0 fully saturated rings. The lowest BCUT2D eigenvalue weighted by molar-refractivity contribution is 0.0701. The Kier molecular flexibility index (Phi) is 4.02. The first-order chi connectivity index (χ1) is 10.6. The summed E-state index contributed by atoms with van der Waals surface area (Å²) in [6.07, 6.45) is 3.47. The van der Waals surface area contributed by atoms with Crippen LogP contribution >= 0.6 is 23.2 Å². The maximum Gasteiger partial charge on any atom is 0.293 e. The molecule has 3 aromatic rings. The van der Waals surface area contributed by atoms with Gasteiger partial charge in [-0.1, -0.05) is 29.3 Å². The molecule has 0 unspecified atom stereocenters. The topological polar surface area (TPSA) is 67.2 Å². The molecule has 0 atom stereocenters. The molecule has 0 aliphatic carbocycles. The molecule has 5 nitrogen and oxygen atoms in total. The maximum absolute atomic E-state index is 11.5. The number of rotatable bonds is 3. The number of amides is 1. The van der Waals surface area contributed by atoms with Crippen molar-refractivity contribution in [3.8, 4) is 0 Å². The molecule has 22 heavy (non-hydrogen) atoms. The van der Waals surface area contributed by atoms with Crippen molar-refractivity contribution in [3.63, 3.8) is 0 Å². The summed E-state index contributed by atoms with van der Waals surface area (Å²) in [4.78, 5) is 15.5. The minimum atomic E-state index is -0.654. The zero-order chi connectivity index (χ0) is 15.7. The molecule has 3 rings (SSSR count). The monoisotopic (exact) mass is 335 g/mol. The minimum absolute atomic E-state index is 0.136. The van der Waals surface area contributed by atoms with E-state index in [0.717, 1.165) is 16.5 Å². The molecule has 7 heteroatoms. The molecule has 0 radical (unpaired) electrons. The third-order valence-electron chi connectivity index (χ3n) is 3.35. The number of nitrogens with one attached hydrogen (secondary N) is 1. The van der Waals surface area contributed by atoms with Gasteiger partial charge in [0.1, 0.15) is 5.69 Å². The van der Waals surface area contributed by atoms with Crippen LogP contribution in [0.4, 0.5) is 0 Å². The van der Waals surface area contributed by atoms with E-state index in [4.69, 9.17) is 28.4 Å². The fraction of sp³-hybridized carbons (Fsp3) is 0.0667. The third kappa shape index (κ3) is 2.78. The predicted molar refractivity (Wildman–Crippen MR) is 84.5 cm³/mol. The summed E-state index contributed by atoms with van der Waals surface area (Å²) in [6, 6.07) is 8.84. The van der Waals surface area contributed by atoms with Gasteiger partial charge in [0.2, 0.25) is 0 Å². The number of benzene rings is 1. The summed E-state index contributed by atoms with van der Waals surface area (Å²) in [5.41, 5.74) is 3.44.